The van der Waals surface area contributed by atoms with Crippen LogP contribution >= 0.6 is 0 Å². The standard InChI is InChI=1S/C11H13N3.C10H20.C8H16/c1-8-12-10-7-5-4-6-9(10)11(13-8)14(2)3;1-3-9(2)10-7-5-4-6-8-10;1-7-3-5-8(2)6-4-7/h4-7H,1-3H3;9-10H,3-8H2,1-2H3;7-8H,3-6H2,1-2H3. The van der Waals surface area contributed by atoms with E-state index in [-0.39, 0.29) is 0 Å². The normalized spacial score (nSPS) is 22.2. The van der Waals surface area contributed by atoms with Crippen LogP contribution in [0.4, 0.5) is 5.82 Å². The maximum Gasteiger partial charge on any atom is 0.139 e. The van der Waals surface area contributed by atoms with E-state index in [0.717, 1.165) is 46.2 Å². The molecule has 180 valence electrons. The van der Waals surface area contributed by atoms with Gasteiger partial charge in [-0.15, -0.1) is 0 Å². The van der Waals surface area contributed by atoms with Crippen molar-refractivity contribution in [1.82, 2.24) is 9.97 Å². The zero-order valence-electron chi connectivity index (χ0n) is 22.0. The molecule has 2 aliphatic carbocycles. The molecule has 0 bridgehead atoms. The van der Waals surface area contributed by atoms with Gasteiger partial charge >= 0.3 is 0 Å². The Balaban J connectivity index is 0.000000178. The Morgan fingerprint density at radius 3 is 1.97 bits per heavy atom. The molecule has 0 spiro atoms. The highest BCUT2D eigenvalue weighted by molar-refractivity contribution is 5.89. The van der Waals surface area contributed by atoms with Crippen molar-refractivity contribution in [2.24, 2.45) is 23.7 Å². The fourth-order valence-corrected chi connectivity index (χ4v) is 4.98. The molecular weight excluding hydrogens is 390 g/mol. The number of anilines is 1. The van der Waals surface area contributed by atoms with Crippen molar-refractivity contribution in [2.75, 3.05) is 19.0 Å². The first-order chi connectivity index (χ1) is 15.3. The summed E-state index contributed by atoms with van der Waals surface area (Å²) in [5.41, 5.74) is 1.00. The average Bonchev–Trinajstić information content (AvgIpc) is 2.81. The fraction of sp³-hybridized carbons (Fsp3) is 0.724. The molecule has 1 unspecified atom stereocenters. The summed E-state index contributed by atoms with van der Waals surface area (Å²) in [5.74, 6) is 5.89. The van der Waals surface area contributed by atoms with E-state index in [1.54, 1.807) is 0 Å². The molecule has 2 aromatic rings. The minimum absolute atomic E-state index is 0.812. The van der Waals surface area contributed by atoms with Crippen LogP contribution in [-0.2, 0) is 0 Å². The fourth-order valence-electron chi connectivity index (χ4n) is 4.98. The molecule has 1 atom stereocenters. The molecule has 3 nitrogen and oxygen atoms in total. The molecule has 1 aromatic carbocycles. The van der Waals surface area contributed by atoms with Crippen LogP contribution < -0.4 is 4.90 Å². The van der Waals surface area contributed by atoms with Crippen LogP contribution in [-0.4, -0.2) is 24.1 Å². The molecule has 1 aromatic heterocycles. The third-order valence-electron chi connectivity index (χ3n) is 7.52. The van der Waals surface area contributed by atoms with Crippen molar-refractivity contribution in [3.8, 4) is 0 Å². The molecule has 2 saturated carbocycles. The highest BCUT2D eigenvalue weighted by atomic mass is 15.1. The van der Waals surface area contributed by atoms with Gasteiger partial charge < -0.3 is 4.90 Å². The highest BCUT2D eigenvalue weighted by Crippen LogP contribution is 2.31. The van der Waals surface area contributed by atoms with E-state index in [4.69, 9.17) is 0 Å². The predicted octanol–water partition coefficient (Wildman–Crippen LogP) is 8.45. The van der Waals surface area contributed by atoms with Crippen molar-refractivity contribution in [2.45, 2.75) is 98.8 Å². The molecule has 2 aliphatic rings. The lowest BCUT2D eigenvalue weighted by atomic mass is 9.80. The second kappa shape index (κ2) is 13.8. The Morgan fingerprint density at radius 2 is 1.44 bits per heavy atom. The third-order valence-corrected chi connectivity index (χ3v) is 7.52. The Bertz CT molecular complexity index is 761. The Hall–Kier alpha value is -1.64. The third kappa shape index (κ3) is 8.71. The number of hydrogen-bond acceptors (Lipinski definition) is 3. The first-order valence-corrected chi connectivity index (χ1v) is 13.2. The number of benzene rings is 1. The van der Waals surface area contributed by atoms with Gasteiger partial charge in [0, 0.05) is 19.5 Å². The number of fused-ring (bicyclic) bond motifs is 1. The van der Waals surface area contributed by atoms with Gasteiger partial charge in [0.2, 0.25) is 0 Å². The molecule has 4 rings (SSSR count). The summed E-state index contributed by atoms with van der Waals surface area (Å²) in [5, 5.41) is 1.10. The first kappa shape index (κ1) is 26.6. The molecule has 3 heteroatoms. The summed E-state index contributed by atoms with van der Waals surface area (Å²) in [6.45, 7) is 11.4. The van der Waals surface area contributed by atoms with Gasteiger partial charge in [0.05, 0.1) is 5.52 Å². The lowest BCUT2D eigenvalue weighted by Gasteiger charge is -2.26. The van der Waals surface area contributed by atoms with Crippen LogP contribution in [0.3, 0.4) is 0 Å². The van der Waals surface area contributed by atoms with Crippen molar-refractivity contribution < 1.29 is 0 Å². The number of hydrogen-bond donors (Lipinski definition) is 0. The predicted molar refractivity (Wildman–Crippen MR) is 141 cm³/mol. The van der Waals surface area contributed by atoms with Gasteiger partial charge in [0.25, 0.3) is 0 Å². The molecule has 0 N–H and O–H groups in total. The summed E-state index contributed by atoms with van der Waals surface area (Å²) in [4.78, 5) is 10.8. The van der Waals surface area contributed by atoms with Gasteiger partial charge in [-0.25, -0.2) is 9.97 Å². The van der Waals surface area contributed by atoms with Gasteiger partial charge in [0.1, 0.15) is 11.6 Å². The zero-order valence-corrected chi connectivity index (χ0v) is 22.0. The number of nitrogens with zero attached hydrogens (tertiary/aromatic N) is 3. The second-order valence-electron chi connectivity index (χ2n) is 10.7. The molecular formula is C29H49N3. The lowest BCUT2D eigenvalue weighted by molar-refractivity contribution is 0.258. The topological polar surface area (TPSA) is 29.0 Å². The summed E-state index contributed by atoms with van der Waals surface area (Å²) in [7, 11) is 3.99. The van der Waals surface area contributed by atoms with Crippen LogP contribution in [0.15, 0.2) is 24.3 Å². The minimum Gasteiger partial charge on any atom is -0.362 e. The quantitative estimate of drug-likeness (QED) is 0.480. The van der Waals surface area contributed by atoms with Crippen LogP contribution in [0.2, 0.25) is 0 Å². The van der Waals surface area contributed by atoms with Crippen LogP contribution in [0.1, 0.15) is 97.7 Å². The Labute approximate surface area is 198 Å². The number of aryl methyl sites for hydroxylation is 1. The van der Waals surface area contributed by atoms with Crippen molar-refractivity contribution >= 4 is 16.7 Å². The van der Waals surface area contributed by atoms with Gasteiger partial charge in [0.15, 0.2) is 0 Å². The van der Waals surface area contributed by atoms with E-state index >= 15 is 0 Å². The molecule has 0 aliphatic heterocycles. The zero-order chi connectivity index (χ0) is 23.5. The van der Waals surface area contributed by atoms with Gasteiger partial charge in [-0.3, -0.25) is 0 Å². The summed E-state index contributed by atoms with van der Waals surface area (Å²) in [6.07, 6.45) is 14.8. The smallest absolute Gasteiger partial charge is 0.139 e. The van der Waals surface area contributed by atoms with E-state index in [0.29, 0.717) is 0 Å². The van der Waals surface area contributed by atoms with E-state index in [1.165, 1.54) is 64.2 Å². The summed E-state index contributed by atoms with van der Waals surface area (Å²) >= 11 is 0. The lowest BCUT2D eigenvalue weighted by Crippen LogP contribution is -2.14. The molecule has 32 heavy (non-hydrogen) atoms. The Morgan fingerprint density at radius 1 is 0.875 bits per heavy atom. The van der Waals surface area contributed by atoms with Gasteiger partial charge in [-0.05, 0) is 42.7 Å². The summed E-state index contributed by atoms with van der Waals surface area (Å²) in [6, 6.07) is 8.06. The summed E-state index contributed by atoms with van der Waals surface area (Å²) < 4.78 is 0. The SMILES string of the molecule is CC1CCC(C)CC1.CCC(C)C1CCCCC1.Cc1nc(N(C)C)c2ccccc2n1. The Kier molecular flexibility index (Phi) is 11.5. The largest absolute Gasteiger partial charge is 0.362 e. The molecule has 0 saturated heterocycles. The number of aromatic nitrogens is 2. The molecule has 2 fully saturated rings. The maximum atomic E-state index is 4.42. The van der Waals surface area contributed by atoms with Gasteiger partial charge in [-0.2, -0.15) is 0 Å². The van der Waals surface area contributed by atoms with E-state index < -0.39 is 0 Å². The maximum absolute atomic E-state index is 4.42. The van der Waals surface area contributed by atoms with E-state index in [2.05, 4.69) is 37.7 Å². The minimum atomic E-state index is 0.812. The number of rotatable bonds is 3. The van der Waals surface area contributed by atoms with Crippen LogP contribution in [0.5, 0.6) is 0 Å². The van der Waals surface area contributed by atoms with Crippen molar-refractivity contribution in [1.29, 1.82) is 0 Å². The highest BCUT2D eigenvalue weighted by Gasteiger charge is 2.18. The molecule has 1 heterocycles. The van der Waals surface area contributed by atoms with Crippen LogP contribution in [0, 0.1) is 30.6 Å². The van der Waals surface area contributed by atoms with Gasteiger partial charge in [-0.1, -0.05) is 104 Å². The molecule has 0 amide bonds. The average molecular weight is 440 g/mol. The van der Waals surface area contributed by atoms with E-state index in [1.807, 2.05) is 50.2 Å². The van der Waals surface area contributed by atoms with Crippen molar-refractivity contribution in [3.63, 3.8) is 0 Å². The number of para-hydroxylation sites is 1. The second-order valence-corrected chi connectivity index (χ2v) is 10.7. The molecule has 0 radical (unpaired) electrons. The first-order valence-electron chi connectivity index (χ1n) is 13.2. The van der Waals surface area contributed by atoms with E-state index in [9.17, 15) is 0 Å². The van der Waals surface area contributed by atoms with Crippen LogP contribution in [0.25, 0.3) is 10.9 Å². The van der Waals surface area contributed by atoms with Crippen molar-refractivity contribution in [3.05, 3.63) is 30.1 Å². The monoisotopic (exact) mass is 439 g/mol.